The summed E-state index contributed by atoms with van der Waals surface area (Å²) < 4.78 is 2.33. The normalized spacial score (nSPS) is 25.9. The van der Waals surface area contributed by atoms with E-state index in [1.165, 1.54) is 11.9 Å². The number of halogens is 1. The summed E-state index contributed by atoms with van der Waals surface area (Å²) in [5, 5.41) is -0.0276. The number of nitrogens with zero attached hydrogens (tertiary/aromatic N) is 2. The quantitative estimate of drug-likeness (QED) is 0.721. The third kappa shape index (κ3) is 1.44. The fourth-order valence-corrected chi connectivity index (χ4v) is 2.51. The first-order chi connectivity index (χ1) is 7.68. The van der Waals surface area contributed by atoms with Crippen LogP contribution in [-0.2, 0) is 0 Å². The second-order valence-corrected chi connectivity index (χ2v) is 5.38. The van der Waals surface area contributed by atoms with Gasteiger partial charge >= 0.3 is 0 Å². The van der Waals surface area contributed by atoms with E-state index < -0.39 is 0 Å². The van der Waals surface area contributed by atoms with Crippen LogP contribution in [0.1, 0.15) is 37.5 Å². The summed E-state index contributed by atoms with van der Waals surface area (Å²) >= 11 is 6.22. The third-order valence-electron chi connectivity index (χ3n) is 3.38. The maximum Gasteiger partial charge on any atom is 0.127 e. The minimum atomic E-state index is -0.0276. The molecule has 1 aliphatic carbocycles. The van der Waals surface area contributed by atoms with E-state index in [0.717, 1.165) is 17.3 Å². The molecule has 1 aliphatic rings. The zero-order chi connectivity index (χ0) is 11.3. The summed E-state index contributed by atoms with van der Waals surface area (Å²) in [6, 6.07) is 8.88. The summed E-state index contributed by atoms with van der Waals surface area (Å²) in [5.74, 6) is 1.77. The van der Waals surface area contributed by atoms with Gasteiger partial charge in [-0.05, 0) is 31.4 Å². The molecule has 3 heteroatoms. The largest absolute Gasteiger partial charge is 0.323 e. The Bertz CT molecular complexity index is 530. The smallest absolute Gasteiger partial charge is 0.127 e. The molecule has 16 heavy (non-hydrogen) atoms. The van der Waals surface area contributed by atoms with Crippen LogP contribution in [0.5, 0.6) is 0 Å². The summed E-state index contributed by atoms with van der Waals surface area (Å²) in [6.07, 6.45) is 1.25. The van der Waals surface area contributed by atoms with E-state index in [-0.39, 0.29) is 5.38 Å². The highest BCUT2D eigenvalue weighted by Crippen LogP contribution is 2.46. The van der Waals surface area contributed by atoms with Crippen molar-refractivity contribution in [2.75, 3.05) is 0 Å². The molecule has 1 heterocycles. The molecule has 2 aromatic rings. The molecule has 0 bridgehead atoms. The van der Waals surface area contributed by atoms with E-state index in [2.05, 4.69) is 34.7 Å². The van der Waals surface area contributed by atoms with Crippen LogP contribution in [0.2, 0.25) is 0 Å². The lowest BCUT2D eigenvalue weighted by molar-refractivity contribution is 0.659. The van der Waals surface area contributed by atoms with Crippen molar-refractivity contribution in [1.82, 2.24) is 9.55 Å². The Morgan fingerprint density at radius 2 is 2.12 bits per heavy atom. The number of alkyl halides is 1. The number of benzene rings is 1. The van der Waals surface area contributed by atoms with Crippen molar-refractivity contribution >= 4 is 22.6 Å². The number of imidazole rings is 1. The molecular formula is C13H15ClN2. The molecule has 0 amide bonds. The lowest BCUT2D eigenvalue weighted by Crippen LogP contribution is -2.03. The van der Waals surface area contributed by atoms with Gasteiger partial charge in [0, 0.05) is 6.04 Å². The lowest BCUT2D eigenvalue weighted by Gasteiger charge is -2.09. The minimum absolute atomic E-state index is 0.0276. The van der Waals surface area contributed by atoms with E-state index in [4.69, 9.17) is 11.6 Å². The lowest BCUT2D eigenvalue weighted by atomic mass is 10.3. The second-order valence-electron chi connectivity index (χ2n) is 4.73. The zero-order valence-electron chi connectivity index (χ0n) is 9.52. The molecule has 0 radical (unpaired) electrons. The van der Waals surface area contributed by atoms with E-state index in [1.807, 2.05) is 13.0 Å². The average molecular weight is 235 g/mol. The van der Waals surface area contributed by atoms with Gasteiger partial charge in [0.15, 0.2) is 0 Å². The van der Waals surface area contributed by atoms with Crippen molar-refractivity contribution in [1.29, 1.82) is 0 Å². The molecular weight excluding hydrogens is 220 g/mol. The third-order valence-corrected chi connectivity index (χ3v) is 3.57. The molecule has 3 atom stereocenters. The monoisotopic (exact) mass is 234 g/mol. The van der Waals surface area contributed by atoms with Gasteiger partial charge in [0.25, 0.3) is 0 Å². The molecule has 0 N–H and O–H groups in total. The molecule has 3 rings (SSSR count). The molecule has 0 spiro atoms. The molecule has 3 unspecified atom stereocenters. The number of aromatic nitrogens is 2. The molecule has 2 nitrogen and oxygen atoms in total. The SMILES string of the molecule is CC(Cl)c1nc2ccccc2n1C1CC1C. The van der Waals surface area contributed by atoms with Crippen LogP contribution in [0.4, 0.5) is 0 Å². The second kappa shape index (κ2) is 3.49. The van der Waals surface area contributed by atoms with Crippen molar-refractivity contribution in [3.63, 3.8) is 0 Å². The first kappa shape index (κ1) is 10.2. The highest BCUT2D eigenvalue weighted by molar-refractivity contribution is 6.20. The zero-order valence-corrected chi connectivity index (χ0v) is 10.3. The van der Waals surface area contributed by atoms with Gasteiger partial charge < -0.3 is 4.57 Å². The molecule has 1 saturated carbocycles. The highest BCUT2D eigenvalue weighted by Gasteiger charge is 2.37. The van der Waals surface area contributed by atoms with Crippen molar-refractivity contribution in [3.05, 3.63) is 30.1 Å². The first-order valence-electron chi connectivity index (χ1n) is 5.79. The maximum absolute atomic E-state index is 6.22. The Kier molecular flexibility index (Phi) is 2.21. The molecule has 0 saturated heterocycles. The first-order valence-corrected chi connectivity index (χ1v) is 6.23. The van der Waals surface area contributed by atoms with Crippen molar-refractivity contribution in [2.45, 2.75) is 31.7 Å². The van der Waals surface area contributed by atoms with E-state index in [9.17, 15) is 0 Å². The fourth-order valence-electron chi connectivity index (χ4n) is 2.35. The van der Waals surface area contributed by atoms with E-state index in [0.29, 0.717) is 6.04 Å². The predicted octanol–water partition coefficient (Wildman–Crippen LogP) is 3.92. The predicted molar refractivity (Wildman–Crippen MR) is 66.8 cm³/mol. The number of hydrogen-bond acceptors (Lipinski definition) is 1. The number of para-hydroxylation sites is 2. The Morgan fingerprint density at radius 3 is 2.75 bits per heavy atom. The molecule has 84 valence electrons. The Balaban J connectivity index is 2.24. The molecule has 1 aromatic carbocycles. The fraction of sp³-hybridized carbons (Fsp3) is 0.462. The Morgan fingerprint density at radius 1 is 1.44 bits per heavy atom. The van der Waals surface area contributed by atoms with Crippen LogP contribution in [0.15, 0.2) is 24.3 Å². The van der Waals surface area contributed by atoms with Crippen molar-refractivity contribution < 1.29 is 0 Å². The summed E-state index contributed by atoms with van der Waals surface area (Å²) in [7, 11) is 0. The summed E-state index contributed by atoms with van der Waals surface area (Å²) in [6.45, 7) is 4.27. The molecule has 0 aliphatic heterocycles. The van der Waals surface area contributed by atoms with E-state index in [1.54, 1.807) is 0 Å². The minimum Gasteiger partial charge on any atom is -0.323 e. The van der Waals surface area contributed by atoms with Crippen LogP contribution in [0, 0.1) is 5.92 Å². The van der Waals surface area contributed by atoms with Gasteiger partial charge in [0.2, 0.25) is 0 Å². The van der Waals surface area contributed by atoms with Crippen LogP contribution >= 0.6 is 11.6 Å². The van der Waals surface area contributed by atoms with Crippen LogP contribution < -0.4 is 0 Å². The number of hydrogen-bond donors (Lipinski definition) is 0. The standard InChI is InChI=1S/C13H15ClN2/c1-8-7-12(8)16-11-6-4-3-5-10(11)15-13(16)9(2)14/h3-6,8-9,12H,7H2,1-2H3. The van der Waals surface area contributed by atoms with Crippen LogP contribution in [-0.4, -0.2) is 9.55 Å². The van der Waals surface area contributed by atoms with Crippen molar-refractivity contribution in [3.8, 4) is 0 Å². The van der Waals surface area contributed by atoms with Gasteiger partial charge in [-0.2, -0.15) is 0 Å². The van der Waals surface area contributed by atoms with E-state index >= 15 is 0 Å². The van der Waals surface area contributed by atoms with Gasteiger partial charge in [-0.25, -0.2) is 4.98 Å². The van der Waals surface area contributed by atoms with Crippen LogP contribution in [0.3, 0.4) is 0 Å². The number of rotatable bonds is 2. The van der Waals surface area contributed by atoms with Gasteiger partial charge in [-0.3, -0.25) is 0 Å². The summed E-state index contributed by atoms with van der Waals surface area (Å²) in [5.41, 5.74) is 2.28. The number of fused-ring (bicyclic) bond motifs is 1. The molecule has 1 fully saturated rings. The highest BCUT2D eigenvalue weighted by atomic mass is 35.5. The average Bonchev–Trinajstić information content (AvgIpc) is 2.85. The maximum atomic E-state index is 6.22. The Labute approximate surface area is 100 Å². The van der Waals surface area contributed by atoms with Gasteiger partial charge in [-0.1, -0.05) is 19.1 Å². The molecule has 1 aromatic heterocycles. The van der Waals surface area contributed by atoms with Crippen LogP contribution in [0.25, 0.3) is 11.0 Å². The van der Waals surface area contributed by atoms with Gasteiger partial charge in [-0.15, -0.1) is 11.6 Å². The van der Waals surface area contributed by atoms with Crippen molar-refractivity contribution in [2.24, 2.45) is 5.92 Å². The van der Waals surface area contributed by atoms with Gasteiger partial charge in [0.05, 0.1) is 16.4 Å². The Hall–Kier alpha value is -1.02. The topological polar surface area (TPSA) is 17.8 Å². The summed E-state index contributed by atoms with van der Waals surface area (Å²) in [4.78, 5) is 4.64. The van der Waals surface area contributed by atoms with Gasteiger partial charge in [0.1, 0.15) is 5.82 Å².